The third-order valence-electron chi connectivity index (χ3n) is 2.22. The minimum absolute atomic E-state index is 0.384. The Kier molecular flexibility index (Phi) is 2.04. The normalized spacial score (nSPS) is 9.93. The van der Waals surface area contributed by atoms with E-state index in [2.05, 4.69) is 11.1 Å². The van der Waals surface area contributed by atoms with Gasteiger partial charge in [-0.2, -0.15) is 5.26 Å². The first-order chi connectivity index (χ1) is 6.86. The molecule has 0 unspecified atom stereocenters. The van der Waals surface area contributed by atoms with E-state index in [9.17, 15) is 4.79 Å². The van der Waals surface area contributed by atoms with Gasteiger partial charge >= 0.3 is 0 Å². The lowest BCUT2D eigenvalue weighted by Gasteiger charge is -1.93. The predicted molar refractivity (Wildman–Crippen MR) is 52.8 cm³/mol. The first kappa shape index (κ1) is 8.52. The molecule has 68 valence electrons. The number of nitrogens with zero attached hydrogens (tertiary/aromatic N) is 1. The van der Waals surface area contributed by atoms with E-state index < -0.39 is 0 Å². The van der Waals surface area contributed by atoms with Crippen molar-refractivity contribution in [3.8, 4) is 6.07 Å². The molecule has 0 bridgehead atoms. The number of benzene rings is 1. The monoisotopic (exact) mass is 184 g/mol. The van der Waals surface area contributed by atoms with Gasteiger partial charge in [0.25, 0.3) is 0 Å². The molecule has 0 saturated carbocycles. The molecule has 0 spiro atoms. The summed E-state index contributed by atoms with van der Waals surface area (Å²) in [5.41, 5.74) is 2.36. The number of aromatic amines is 1. The van der Waals surface area contributed by atoms with Gasteiger partial charge in [-0.3, -0.25) is 0 Å². The standard InChI is InChI=1S/C11H8N2O/c12-6-8-2-1-3-10-9(4-5-14)7-13-11(8)10/h1-3,5,7,13H,4H2. The fraction of sp³-hybridized carbons (Fsp3) is 0.0909. The quantitative estimate of drug-likeness (QED) is 0.723. The number of aromatic nitrogens is 1. The van der Waals surface area contributed by atoms with Crippen LogP contribution in [0.4, 0.5) is 0 Å². The van der Waals surface area contributed by atoms with E-state index in [1.54, 1.807) is 12.3 Å². The molecule has 1 aromatic heterocycles. The van der Waals surface area contributed by atoms with E-state index in [1.807, 2.05) is 12.1 Å². The van der Waals surface area contributed by atoms with E-state index in [0.717, 1.165) is 22.8 Å². The number of hydrogen-bond donors (Lipinski definition) is 1. The fourth-order valence-corrected chi connectivity index (χ4v) is 1.56. The topological polar surface area (TPSA) is 56.6 Å². The Labute approximate surface area is 81.0 Å². The van der Waals surface area contributed by atoms with Gasteiger partial charge in [-0.15, -0.1) is 0 Å². The zero-order valence-corrected chi connectivity index (χ0v) is 7.45. The van der Waals surface area contributed by atoms with Crippen molar-refractivity contribution in [1.82, 2.24) is 4.98 Å². The molecule has 0 amide bonds. The van der Waals surface area contributed by atoms with Gasteiger partial charge in [-0.25, -0.2) is 0 Å². The van der Waals surface area contributed by atoms with Crippen LogP contribution in [0.5, 0.6) is 0 Å². The number of nitrogens with one attached hydrogen (secondary N) is 1. The molecule has 0 radical (unpaired) electrons. The lowest BCUT2D eigenvalue weighted by atomic mass is 10.1. The molecule has 0 atom stereocenters. The summed E-state index contributed by atoms with van der Waals surface area (Å²) in [5.74, 6) is 0. The zero-order chi connectivity index (χ0) is 9.97. The van der Waals surface area contributed by atoms with Crippen LogP contribution >= 0.6 is 0 Å². The summed E-state index contributed by atoms with van der Waals surface area (Å²) in [6.07, 6.45) is 3.02. The van der Waals surface area contributed by atoms with Crippen LogP contribution in [0.25, 0.3) is 10.9 Å². The number of hydrogen-bond acceptors (Lipinski definition) is 2. The Morgan fingerprint density at radius 3 is 3.07 bits per heavy atom. The van der Waals surface area contributed by atoms with Crippen LogP contribution in [0.15, 0.2) is 24.4 Å². The predicted octanol–water partition coefficient (Wildman–Crippen LogP) is 1.78. The van der Waals surface area contributed by atoms with Crippen molar-refractivity contribution in [1.29, 1.82) is 5.26 Å². The zero-order valence-electron chi connectivity index (χ0n) is 7.45. The molecule has 1 N–H and O–H groups in total. The molecule has 1 aromatic carbocycles. The summed E-state index contributed by atoms with van der Waals surface area (Å²) in [4.78, 5) is 13.4. The first-order valence-corrected chi connectivity index (χ1v) is 4.29. The lowest BCUT2D eigenvalue weighted by Crippen LogP contribution is -1.82. The van der Waals surface area contributed by atoms with Crippen molar-refractivity contribution in [2.45, 2.75) is 6.42 Å². The molecule has 14 heavy (non-hydrogen) atoms. The Morgan fingerprint density at radius 1 is 1.50 bits per heavy atom. The highest BCUT2D eigenvalue weighted by Gasteiger charge is 2.05. The van der Waals surface area contributed by atoms with Crippen LogP contribution in [-0.2, 0) is 11.2 Å². The minimum Gasteiger partial charge on any atom is -0.360 e. The van der Waals surface area contributed by atoms with Crippen molar-refractivity contribution in [2.24, 2.45) is 0 Å². The Hall–Kier alpha value is -2.08. The molecule has 0 fully saturated rings. The van der Waals surface area contributed by atoms with Gasteiger partial charge in [0.1, 0.15) is 12.4 Å². The number of carbonyl (C=O) groups is 1. The molecule has 0 aliphatic heterocycles. The molecule has 0 saturated heterocycles. The number of rotatable bonds is 2. The van der Waals surface area contributed by atoms with Gasteiger partial charge in [-0.05, 0) is 11.6 Å². The van der Waals surface area contributed by atoms with E-state index >= 15 is 0 Å². The molecular weight excluding hydrogens is 176 g/mol. The van der Waals surface area contributed by atoms with Crippen molar-refractivity contribution >= 4 is 17.2 Å². The largest absolute Gasteiger partial charge is 0.360 e. The van der Waals surface area contributed by atoms with E-state index in [-0.39, 0.29) is 0 Å². The summed E-state index contributed by atoms with van der Waals surface area (Å²) < 4.78 is 0. The summed E-state index contributed by atoms with van der Waals surface area (Å²) in [6.45, 7) is 0. The Bertz CT molecular complexity index is 520. The number of aldehydes is 1. The molecule has 2 aromatic rings. The minimum atomic E-state index is 0.384. The van der Waals surface area contributed by atoms with Crippen LogP contribution in [0, 0.1) is 11.3 Å². The average molecular weight is 184 g/mol. The maximum absolute atomic E-state index is 10.4. The maximum atomic E-state index is 10.4. The molecule has 1 heterocycles. The van der Waals surface area contributed by atoms with Crippen molar-refractivity contribution in [2.75, 3.05) is 0 Å². The summed E-state index contributed by atoms with van der Waals surface area (Å²) >= 11 is 0. The fourth-order valence-electron chi connectivity index (χ4n) is 1.56. The maximum Gasteiger partial charge on any atom is 0.124 e. The van der Waals surface area contributed by atoms with E-state index in [0.29, 0.717) is 12.0 Å². The number of carbonyl (C=O) groups excluding carboxylic acids is 1. The summed E-state index contributed by atoms with van der Waals surface area (Å²) in [6, 6.07) is 7.59. The van der Waals surface area contributed by atoms with Crippen LogP contribution in [0.2, 0.25) is 0 Å². The van der Waals surface area contributed by atoms with Gasteiger partial charge in [0.05, 0.1) is 11.1 Å². The molecule has 3 heteroatoms. The van der Waals surface area contributed by atoms with Gasteiger partial charge in [0.15, 0.2) is 0 Å². The number of H-pyrrole nitrogens is 1. The Morgan fingerprint density at radius 2 is 2.36 bits per heavy atom. The number of fused-ring (bicyclic) bond motifs is 1. The van der Waals surface area contributed by atoms with Crippen LogP contribution in [-0.4, -0.2) is 11.3 Å². The van der Waals surface area contributed by atoms with Gasteiger partial charge in [0, 0.05) is 18.0 Å². The third kappa shape index (κ3) is 1.17. The number of nitriles is 1. The number of para-hydroxylation sites is 1. The second-order valence-corrected chi connectivity index (χ2v) is 3.02. The SMILES string of the molecule is N#Cc1cccc2c(CC=O)c[nH]c12. The summed E-state index contributed by atoms with van der Waals surface area (Å²) in [7, 11) is 0. The molecule has 2 rings (SSSR count). The second-order valence-electron chi connectivity index (χ2n) is 3.02. The second kappa shape index (κ2) is 3.35. The lowest BCUT2D eigenvalue weighted by molar-refractivity contribution is -0.107. The van der Waals surface area contributed by atoms with Gasteiger partial charge < -0.3 is 9.78 Å². The molecule has 0 aliphatic rings. The van der Waals surface area contributed by atoms with Crippen LogP contribution < -0.4 is 0 Å². The highest BCUT2D eigenvalue weighted by Crippen LogP contribution is 2.20. The highest BCUT2D eigenvalue weighted by molar-refractivity contribution is 5.89. The smallest absolute Gasteiger partial charge is 0.124 e. The van der Waals surface area contributed by atoms with Gasteiger partial charge in [-0.1, -0.05) is 12.1 Å². The first-order valence-electron chi connectivity index (χ1n) is 4.29. The van der Waals surface area contributed by atoms with Crippen molar-refractivity contribution in [3.63, 3.8) is 0 Å². The van der Waals surface area contributed by atoms with E-state index in [4.69, 9.17) is 5.26 Å². The average Bonchev–Trinajstić information content (AvgIpc) is 2.62. The van der Waals surface area contributed by atoms with Crippen LogP contribution in [0.3, 0.4) is 0 Å². The van der Waals surface area contributed by atoms with Gasteiger partial charge in [0.2, 0.25) is 0 Å². The summed E-state index contributed by atoms with van der Waals surface area (Å²) in [5, 5.41) is 9.79. The third-order valence-corrected chi connectivity index (χ3v) is 2.22. The molecule has 0 aliphatic carbocycles. The highest BCUT2D eigenvalue weighted by atomic mass is 16.1. The van der Waals surface area contributed by atoms with E-state index in [1.165, 1.54) is 0 Å². The molecular formula is C11H8N2O. The van der Waals surface area contributed by atoms with Crippen molar-refractivity contribution in [3.05, 3.63) is 35.5 Å². The molecule has 3 nitrogen and oxygen atoms in total. The van der Waals surface area contributed by atoms with Crippen LogP contribution in [0.1, 0.15) is 11.1 Å². The van der Waals surface area contributed by atoms with Crippen molar-refractivity contribution < 1.29 is 4.79 Å². The Balaban J connectivity index is 2.70.